The summed E-state index contributed by atoms with van der Waals surface area (Å²) in [4.78, 5) is 15.0. The third-order valence-electron chi connectivity index (χ3n) is 4.43. The number of para-hydroxylation sites is 1. The second-order valence-corrected chi connectivity index (χ2v) is 5.73. The fourth-order valence-corrected chi connectivity index (χ4v) is 3.15. The molecular formula is C17H22N6O2. The van der Waals surface area contributed by atoms with Crippen LogP contribution in [0.15, 0.2) is 35.5 Å². The zero-order valence-electron chi connectivity index (χ0n) is 14.9. The van der Waals surface area contributed by atoms with E-state index in [0.29, 0.717) is 30.4 Å². The van der Waals surface area contributed by atoms with E-state index in [0.717, 1.165) is 11.3 Å². The molecule has 0 bridgehead atoms. The van der Waals surface area contributed by atoms with Gasteiger partial charge in [0.2, 0.25) is 5.95 Å². The van der Waals surface area contributed by atoms with Gasteiger partial charge >= 0.3 is 0 Å². The topological polar surface area (TPSA) is 85.2 Å². The maximum Gasteiger partial charge on any atom is 0.254 e. The van der Waals surface area contributed by atoms with Gasteiger partial charge in [0.15, 0.2) is 0 Å². The number of carbonyl (C=O) groups is 1. The largest absolute Gasteiger partial charge is 0.496 e. The summed E-state index contributed by atoms with van der Waals surface area (Å²) in [5, 5.41) is 15.0. The number of rotatable bonds is 5. The minimum absolute atomic E-state index is 0.0351. The Kier molecular flexibility index (Phi) is 4.69. The first-order chi connectivity index (χ1) is 12.1. The molecule has 1 unspecified atom stereocenters. The number of anilines is 1. The summed E-state index contributed by atoms with van der Waals surface area (Å²) < 4.78 is 7.14. The van der Waals surface area contributed by atoms with Gasteiger partial charge < -0.3 is 15.0 Å². The Balaban J connectivity index is 2.19. The molecule has 1 aliphatic heterocycles. The predicted molar refractivity (Wildman–Crippen MR) is 93.2 cm³/mol. The van der Waals surface area contributed by atoms with Crippen molar-refractivity contribution in [2.24, 2.45) is 0 Å². The molecule has 1 aromatic heterocycles. The fourth-order valence-electron chi connectivity index (χ4n) is 3.15. The summed E-state index contributed by atoms with van der Waals surface area (Å²) in [7, 11) is 1.61. The maximum atomic E-state index is 13.2. The molecule has 0 saturated carbocycles. The van der Waals surface area contributed by atoms with E-state index in [-0.39, 0.29) is 5.91 Å². The van der Waals surface area contributed by atoms with Crippen LogP contribution in [0.2, 0.25) is 0 Å². The number of tetrazole rings is 1. The molecule has 1 atom stereocenters. The summed E-state index contributed by atoms with van der Waals surface area (Å²) in [6, 6.07) is 7.17. The zero-order valence-corrected chi connectivity index (χ0v) is 14.9. The highest BCUT2D eigenvalue weighted by Gasteiger charge is 2.36. The molecule has 25 heavy (non-hydrogen) atoms. The fraction of sp³-hybridized carbons (Fsp3) is 0.412. The van der Waals surface area contributed by atoms with E-state index in [1.54, 1.807) is 16.7 Å². The van der Waals surface area contributed by atoms with Crippen LogP contribution >= 0.6 is 0 Å². The lowest BCUT2D eigenvalue weighted by Crippen LogP contribution is -2.38. The van der Waals surface area contributed by atoms with E-state index in [1.165, 1.54) is 0 Å². The van der Waals surface area contributed by atoms with Gasteiger partial charge in [0, 0.05) is 24.4 Å². The van der Waals surface area contributed by atoms with Gasteiger partial charge in [0.1, 0.15) is 11.8 Å². The first-order valence-corrected chi connectivity index (χ1v) is 8.30. The molecule has 0 saturated heterocycles. The summed E-state index contributed by atoms with van der Waals surface area (Å²) in [5.41, 5.74) is 2.21. The van der Waals surface area contributed by atoms with Crippen LogP contribution < -0.4 is 10.1 Å². The molecule has 0 spiro atoms. The Bertz CT molecular complexity index is 809. The molecule has 8 heteroatoms. The minimum Gasteiger partial charge on any atom is -0.496 e. The van der Waals surface area contributed by atoms with E-state index in [4.69, 9.17) is 4.74 Å². The molecule has 0 radical (unpaired) electrons. The Hall–Kier alpha value is -2.90. The monoisotopic (exact) mass is 342 g/mol. The molecule has 0 fully saturated rings. The lowest BCUT2D eigenvalue weighted by atomic mass is 9.94. The smallest absolute Gasteiger partial charge is 0.254 e. The van der Waals surface area contributed by atoms with Crippen molar-refractivity contribution in [1.82, 2.24) is 25.1 Å². The van der Waals surface area contributed by atoms with Crippen LogP contribution in [0.25, 0.3) is 0 Å². The van der Waals surface area contributed by atoms with Gasteiger partial charge in [-0.25, -0.2) is 0 Å². The number of carbonyl (C=O) groups excluding carboxylic acids is 1. The molecule has 0 aliphatic carbocycles. The summed E-state index contributed by atoms with van der Waals surface area (Å²) >= 11 is 0. The number of fused-ring (bicyclic) bond motifs is 1. The van der Waals surface area contributed by atoms with Crippen molar-refractivity contribution >= 4 is 11.9 Å². The van der Waals surface area contributed by atoms with E-state index in [2.05, 4.69) is 20.8 Å². The number of amides is 1. The van der Waals surface area contributed by atoms with Gasteiger partial charge in [-0.2, -0.15) is 4.68 Å². The summed E-state index contributed by atoms with van der Waals surface area (Å²) in [6.07, 6.45) is 0. The van der Waals surface area contributed by atoms with Gasteiger partial charge in [-0.1, -0.05) is 23.3 Å². The highest BCUT2D eigenvalue weighted by molar-refractivity contribution is 5.96. The maximum absolute atomic E-state index is 13.2. The van der Waals surface area contributed by atoms with Crippen molar-refractivity contribution in [3.8, 4) is 5.75 Å². The minimum atomic E-state index is -0.449. The average Bonchev–Trinajstić information content (AvgIpc) is 3.09. The van der Waals surface area contributed by atoms with Crippen LogP contribution in [0.1, 0.15) is 32.4 Å². The number of nitrogens with one attached hydrogen (secondary N) is 1. The highest BCUT2D eigenvalue weighted by atomic mass is 16.5. The number of allylic oxidation sites excluding steroid dienone is 1. The van der Waals surface area contributed by atoms with Crippen molar-refractivity contribution in [1.29, 1.82) is 0 Å². The Morgan fingerprint density at radius 3 is 2.72 bits per heavy atom. The number of hydrogen-bond acceptors (Lipinski definition) is 6. The first kappa shape index (κ1) is 16.9. The van der Waals surface area contributed by atoms with Gasteiger partial charge in [-0.15, -0.1) is 0 Å². The zero-order chi connectivity index (χ0) is 18.0. The first-order valence-electron chi connectivity index (χ1n) is 8.30. The quantitative estimate of drug-likeness (QED) is 0.892. The van der Waals surface area contributed by atoms with Crippen LogP contribution in [0.3, 0.4) is 0 Å². The number of benzene rings is 1. The lowest BCUT2D eigenvalue weighted by Gasteiger charge is -2.31. The Labute approximate surface area is 146 Å². The van der Waals surface area contributed by atoms with Gasteiger partial charge in [-0.05, 0) is 37.3 Å². The molecule has 1 aliphatic rings. The van der Waals surface area contributed by atoms with Gasteiger partial charge in [0.05, 0.1) is 12.7 Å². The van der Waals surface area contributed by atoms with E-state index in [1.807, 2.05) is 45.0 Å². The molecule has 2 heterocycles. The number of ether oxygens (including phenoxy) is 1. The van der Waals surface area contributed by atoms with Crippen molar-refractivity contribution < 1.29 is 9.53 Å². The molecular weight excluding hydrogens is 320 g/mol. The van der Waals surface area contributed by atoms with E-state index < -0.39 is 6.04 Å². The van der Waals surface area contributed by atoms with Crippen molar-refractivity contribution in [2.75, 3.05) is 25.5 Å². The SMILES string of the molecule is CCN(CC)C(=O)C1=C(C)Nc2nnnn2C1c1ccccc1OC. The summed E-state index contributed by atoms with van der Waals surface area (Å²) in [6.45, 7) is 7.07. The van der Waals surface area contributed by atoms with E-state index >= 15 is 0 Å². The molecule has 2 aromatic rings. The van der Waals surface area contributed by atoms with Crippen LogP contribution in [0.4, 0.5) is 5.95 Å². The van der Waals surface area contributed by atoms with Crippen molar-refractivity contribution in [3.63, 3.8) is 0 Å². The van der Waals surface area contributed by atoms with Crippen LogP contribution in [-0.2, 0) is 4.79 Å². The predicted octanol–water partition coefficient (Wildman–Crippen LogP) is 1.84. The number of methoxy groups -OCH3 is 1. The normalized spacial score (nSPS) is 16.2. The Morgan fingerprint density at radius 1 is 1.32 bits per heavy atom. The van der Waals surface area contributed by atoms with Crippen LogP contribution in [0.5, 0.6) is 5.75 Å². The molecule has 1 N–H and O–H groups in total. The number of aromatic nitrogens is 4. The van der Waals surface area contributed by atoms with E-state index in [9.17, 15) is 4.79 Å². The number of hydrogen-bond donors (Lipinski definition) is 1. The van der Waals surface area contributed by atoms with Gasteiger partial charge in [-0.3, -0.25) is 4.79 Å². The number of likely N-dealkylation sites (N-methyl/N-ethyl adjacent to an activating group) is 1. The van der Waals surface area contributed by atoms with Gasteiger partial charge in [0.25, 0.3) is 5.91 Å². The molecule has 132 valence electrons. The molecule has 1 amide bonds. The second-order valence-electron chi connectivity index (χ2n) is 5.73. The van der Waals surface area contributed by atoms with Crippen LogP contribution in [-0.4, -0.2) is 51.2 Å². The van der Waals surface area contributed by atoms with Crippen molar-refractivity contribution in [3.05, 3.63) is 41.1 Å². The molecule has 3 rings (SSSR count). The third kappa shape index (κ3) is 2.84. The number of nitrogens with zero attached hydrogens (tertiary/aromatic N) is 5. The summed E-state index contributed by atoms with van der Waals surface area (Å²) in [5.74, 6) is 1.16. The highest BCUT2D eigenvalue weighted by Crippen LogP contribution is 2.38. The third-order valence-corrected chi connectivity index (χ3v) is 4.43. The van der Waals surface area contributed by atoms with Crippen molar-refractivity contribution in [2.45, 2.75) is 26.8 Å². The average molecular weight is 342 g/mol. The molecule has 8 nitrogen and oxygen atoms in total. The molecule has 1 aromatic carbocycles. The standard InChI is InChI=1S/C17H22N6O2/c1-5-22(6-2)16(24)14-11(3)18-17-19-20-21-23(17)15(14)12-9-7-8-10-13(12)25-4/h7-10,15H,5-6H2,1-4H3,(H,18,19,21). The Morgan fingerprint density at radius 2 is 2.04 bits per heavy atom. The lowest BCUT2D eigenvalue weighted by molar-refractivity contribution is -0.127. The van der Waals surface area contributed by atoms with Crippen LogP contribution in [0, 0.1) is 0 Å². The second kappa shape index (κ2) is 6.92.